The maximum Gasteiger partial charge on any atom is 0.318 e. The van der Waals surface area contributed by atoms with Crippen molar-refractivity contribution in [2.75, 3.05) is 20.8 Å². The summed E-state index contributed by atoms with van der Waals surface area (Å²) in [7, 11) is -1.07. The van der Waals surface area contributed by atoms with E-state index in [0.29, 0.717) is 29.2 Å². The molecule has 0 amide bonds. The minimum atomic E-state index is -4.15. The maximum absolute atomic E-state index is 13.7. The summed E-state index contributed by atoms with van der Waals surface area (Å²) in [5, 5.41) is 9.57. The molecular weight excluding hydrogens is 494 g/mol. The number of rotatable bonds is 9. The highest BCUT2D eigenvalue weighted by Crippen LogP contribution is 2.36. The van der Waals surface area contributed by atoms with Crippen molar-refractivity contribution in [3.05, 3.63) is 71.8 Å². The number of aryl methyl sites for hydroxylation is 1. The van der Waals surface area contributed by atoms with E-state index in [9.17, 15) is 18.3 Å². The number of carboxylic acid groups (broad SMARTS) is 1. The zero-order valence-corrected chi connectivity index (χ0v) is 22.2. The van der Waals surface area contributed by atoms with Gasteiger partial charge in [0, 0.05) is 12.1 Å². The minimum Gasteiger partial charge on any atom is -0.497 e. The number of sulfonamides is 1. The monoisotopic (exact) mass is 525 g/mol. The van der Waals surface area contributed by atoms with Crippen molar-refractivity contribution in [2.45, 2.75) is 43.7 Å². The van der Waals surface area contributed by atoms with Crippen LogP contribution in [-0.2, 0) is 27.8 Å². The van der Waals surface area contributed by atoms with E-state index in [0.717, 1.165) is 27.4 Å². The largest absolute Gasteiger partial charge is 0.497 e. The molecule has 0 radical (unpaired) electrons. The first-order chi connectivity index (χ1) is 17.5. The fourth-order valence-electron chi connectivity index (χ4n) is 4.40. The highest BCUT2D eigenvalue weighted by atomic mass is 32.2. The highest BCUT2D eigenvalue weighted by Gasteiger charge is 2.31. The molecule has 1 aliphatic heterocycles. The Labute approximate surface area is 217 Å². The number of carbonyl (C=O) groups is 1. The quantitative estimate of drug-likeness (QED) is 0.430. The van der Waals surface area contributed by atoms with Crippen LogP contribution >= 0.6 is 0 Å². The summed E-state index contributed by atoms with van der Waals surface area (Å²) < 4.78 is 45.1. The molecule has 0 bridgehead atoms. The predicted octanol–water partition coefficient (Wildman–Crippen LogP) is 4.75. The van der Waals surface area contributed by atoms with Crippen LogP contribution in [0.2, 0.25) is 0 Å². The summed E-state index contributed by atoms with van der Waals surface area (Å²) in [5.41, 5.74) is 2.68. The number of methoxy groups -OCH3 is 2. The van der Waals surface area contributed by atoms with Crippen LogP contribution in [0.5, 0.6) is 17.2 Å². The number of benzene rings is 3. The standard InChI is InChI=1S/C28H31NO7S/c1-28(2)13-12-21-16-24(9-11-26(21)36-28)37(32,33)29(18-27(30)31)17-22-14-20(8-10-25(22)35-4)19-6-5-7-23(15-19)34-3/h5-11,14-16H,12-13,17-18H2,1-4H3,(H,30,31). The third kappa shape index (κ3) is 5.89. The van der Waals surface area contributed by atoms with Crippen LogP contribution in [0, 0.1) is 0 Å². The van der Waals surface area contributed by atoms with Crippen molar-refractivity contribution >= 4 is 16.0 Å². The highest BCUT2D eigenvalue weighted by molar-refractivity contribution is 7.89. The average molecular weight is 526 g/mol. The summed E-state index contributed by atoms with van der Waals surface area (Å²) in [6.07, 6.45) is 1.41. The third-order valence-electron chi connectivity index (χ3n) is 6.39. The maximum atomic E-state index is 13.7. The third-order valence-corrected chi connectivity index (χ3v) is 8.18. The number of ether oxygens (including phenoxy) is 3. The van der Waals surface area contributed by atoms with Crippen molar-refractivity contribution in [1.82, 2.24) is 4.31 Å². The Morgan fingerprint density at radius 3 is 2.49 bits per heavy atom. The number of carboxylic acids is 1. The van der Waals surface area contributed by atoms with Gasteiger partial charge < -0.3 is 19.3 Å². The van der Waals surface area contributed by atoms with Crippen LogP contribution in [0.3, 0.4) is 0 Å². The van der Waals surface area contributed by atoms with Gasteiger partial charge in [0.25, 0.3) is 0 Å². The average Bonchev–Trinajstić information content (AvgIpc) is 2.87. The number of aliphatic carboxylic acids is 1. The summed E-state index contributed by atoms with van der Waals surface area (Å²) >= 11 is 0. The van der Waals surface area contributed by atoms with Crippen molar-refractivity contribution in [1.29, 1.82) is 0 Å². The SMILES string of the molecule is COc1cccc(-c2ccc(OC)c(CN(CC(=O)O)S(=O)(=O)c3ccc4c(c3)CCC(C)(C)O4)c2)c1. The van der Waals surface area contributed by atoms with E-state index in [2.05, 4.69) is 0 Å². The Hall–Kier alpha value is -3.56. The van der Waals surface area contributed by atoms with Gasteiger partial charge in [0.15, 0.2) is 0 Å². The van der Waals surface area contributed by atoms with Gasteiger partial charge in [-0.15, -0.1) is 0 Å². The molecular formula is C28H31NO7S. The Kier molecular flexibility index (Phi) is 7.47. The van der Waals surface area contributed by atoms with E-state index in [4.69, 9.17) is 14.2 Å². The lowest BCUT2D eigenvalue weighted by Gasteiger charge is -2.33. The molecule has 0 aromatic heterocycles. The Bertz CT molecular complexity index is 1420. The number of hydrogen-bond acceptors (Lipinski definition) is 6. The van der Waals surface area contributed by atoms with Gasteiger partial charge in [-0.25, -0.2) is 8.42 Å². The zero-order chi connectivity index (χ0) is 26.8. The Morgan fingerprint density at radius 2 is 1.78 bits per heavy atom. The van der Waals surface area contributed by atoms with E-state index >= 15 is 0 Å². The lowest BCUT2D eigenvalue weighted by Crippen LogP contribution is -2.36. The number of fused-ring (bicyclic) bond motifs is 1. The molecule has 3 aromatic rings. The van der Waals surface area contributed by atoms with Gasteiger partial charge in [-0.3, -0.25) is 4.79 Å². The van der Waals surface area contributed by atoms with E-state index in [1.165, 1.54) is 13.2 Å². The van der Waals surface area contributed by atoms with Gasteiger partial charge in [-0.05, 0) is 85.8 Å². The lowest BCUT2D eigenvalue weighted by molar-refractivity contribution is -0.137. The van der Waals surface area contributed by atoms with E-state index in [-0.39, 0.29) is 17.0 Å². The molecule has 9 heteroatoms. The van der Waals surface area contributed by atoms with Crippen molar-refractivity contribution in [2.24, 2.45) is 0 Å². The molecule has 1 heterocycles. The smallest absolute Gasteiger partial charge is 0.318 e. The van der Waals surface area contributed by atoms with Gasteiger partial charge in [0.2, 0.25) is 10.0 Å². The van der Waals surface area contributed by atoms with Gasteiger partial charge in [0.05, 0.1) is 19.1 Å². The molecule has 8 nitrogen and oxygen atoms in total. The van der Waals surface area contributed by atoms with Crippen molar-refractivity contribution in [3.63, 3.8) is 0 Å². The molecule has 4 rings (SSSR count). The second-order valence-electron chi connectivity index (χ2n) is 9.56. The molecule has 1 aliphatic rings. The molecule has 0 spiro atoms. The van der Waals surface area contributed by atoms with Crippen LogP contribution in [-0.4, -0.2) is 50.2 Å². The summed E-state index contributed by atoms with van der Waals surface area (Å²) in [4.78, 5) is 11.8. The predicted molar refractivity (Wildman–Crippen MR) is 140 cm³/mol. The second-order valence-corrected chi connectivity index (χ2v) is 11.5. The number of hydrogen-bond donors (Lipinski definition) is 1. The molecule has 196 valence electrons. The van der Waals surface area contributed by atoms with Crippen molar-refractivity contribution < 1.29 is 32.5 Å². The normalized spacial score (nSPS) is 14.5. The molecule has 0 atom stereocenters. The van der Waals surface area contributed by atoms with Crippen LogP contribution in [0.25, 0.3) is 11.1 Å². The summed E-state index contributed by atoms with van der Waals surface area (Å²) in [5.74, 6) is 0.533. The fourth-order valence-corrected chi connectivity index (χ4v) is 5.81. The van der Waals surface area contributed by atoms with Crippen LogP contribution in [0.4, 0.5) is 0 Å². The van der Waals surface area contributed by atoms with Crippen molar-refractivity contribution in [3.8, 4) is 28.4 Å². The Morgan fingerprint density at radius 1 is 1.03 bits per heavy atom. The van der Waals surface area contributed by atoms with Gasteiger partial charge in [0.1, 0.15) is 29.4 Å². The zero-order valence-electron chi connectivity index (χ0n) is 21.4. The first kappa shape index (κ1) is 26.5. The minimum absolute atomic E-state index is 0.0266. The topological polar surface area (TPSA) is 102 Å². The summed E-state index contributed by atoms with van der Waals surface area (Å²) in [6.45, 7) is 3.09. The molecule has 0 unspecified atom stereocenters. The van der Waals surface area contributed by atoms with Gasteiger partial charge in [-0.2, -0.15) is 4.31 Å². The summed E-state index contributed by atoms with van der Waals surface area (Å²) in [6, 6.07) is 17.6. The van der Waals surface area contributed by atoms with E-state index in [1.807, 2.05) is 44.2 Å². The lowest BCUT2D eigenvalue weighted by atomic mass is 9.94. The van der Waals surface area contributed by atoms with Crippen LogP contribution < -0.4 is 14.2 Å². The second kappa shape index (κ2) is 10.4. The van der Waals surface area contributed by atoms with E-state index in [1.54, 1.807) is 31.4 Å². The molecule has 0 fully saturated rings. The molecule has 0 aliphatic carbocycles. The fraction of sp³-hybridized carbons (Fsp3) is 0.321. The first-order valence-electron chi connectivity index (χ1n) is 11.9. The first-order valence-corrected chi connectivity index (χ1v) is 13.3. The van der Waals surface area contributed by atoms with Gasteiger partial charge in [-0.1, -0.05) is 18.2 Å². The number of nitrogens with zero attached hydrogens (tertiary/aromatic N) is 1. The van der Waals surface area contributed by atoms with E-state index < -0.39 is 22.5 Å². The molecule has 0 saturated carbocycles. The molecule has 37 heavy (non-hydrogen) atoms. The molecule has 3 aromatic carbocycles. The molecule has 1 N–H and O–H groups in total. The van der Waals surface area contributed by atoms with Gasteiger partial charge >= 0.3 is 5.97 Å². The van der Waals surface area contributed by atoms with Crippen LogP contribution in [0.15, 0.2) is 65.6 Å². The Balaban J connectivity index is 1.71. The van der Waals surface area contributed by atoms with Crippen LogP contribution in [0.1, 0.15) is 31.4 Å². The molecule has 0 saturated heterocycles.